The van der Waals surface area contributed by atoms with Crippen LogP contribution in [0.2, 0.25) is 0 Å². The van der Waals surface area contributed by atoms with Gasteiger partial charge in [0.25, 0.3) is 0 Å². The Bertz CT molecular complexity index is 749. The maximum absolute atomic E-state index is 12.4. The maximum atomic E-state index is 12.4. The summed E-state index contributed by atoms with van der Waals surface area (Å²) in [6, 6.07) is 0. The van der Waals surface area contributed by atoms with Gasteiger partial charge in [0, 0.05) is 45.3 Å². The molecule has 0 unspecified atom stereocenters. The summed E-state index contributed by atoms with van der Waals surface area (Å²) < 4.78 is 26.6. The van der Waals surface area contributed by atoms with Crippen molar-refractivity contribution >= 4 is 22.0 Å². The third-order valence-corrected chi connectivity index (χ3v) is 4.45. The molecule has 10 nitrogen and oxygen atoms in total. The molecule has 138 valence electrons. The van der Waals surface area contributed by atoms with Crippen molar-refractivity contribution in [3.63, 3.8) is 0 Å². The molecule has 0 saturated carbocycles. The van der Waals surface area contributed by atoms with Gasteiger partial charge in [0.05, 0.1) is 12.8 Å². The van der Waals surface area contributed by atoms with E-state index in [2.05, 4.69) is 14.4 Å². The quantitative estimate of drug-likeness (QED) is 0.195. The van der Waals surface area contributed by atoms with Crippen LogP contribution in [0.4, 0.5) is 0 Å². The van der Waals surface area contributed by atoms with E-state index in [9.17, 15) is 18.0 Å². The average Bonchev–Trinajstić information content (AvgIpc) is 3.41. The van der Waals surface area contributed by atoms with Crippen LogP contribution in [0.3, 0.4) is 0 Å². The van der Waals surface area contributed by atoms with E-state index in [0.717, 1.165) is 46.4 Å². The zero-order valence-electron chi connectivity index (χ0n) is 19.1. The Hall–Kier alpha value is 1.05. The van der Waals surface area contributed by atoms with Crippen molar-refractivity contribution in [2.24, 2.45) is 5.90 Å². The van der Waals surface area contributed by atoms with E-state index in [1.54, 1.807) is 0 Å². The Morgan fingerprint density at radius 1 is 0.926 bits per heavy atom. The van der Waals surface area contributed by atoms with E-state index < -0.39 is 10.4 Å². The minimum Gasteiger partial charge on any atom is -1.00 e. The molecule has 0 radical (unpaired) electrons. The van der Waals surface area contributed by atoms with Gasteiger partial charge in [-0.15, -0.1) is 0 Å². The summed E-state index contributed by atoms with van der Waals surface area (Å²) in [6.45, 7) is 5.41. The van der Waals surface area contributed by atoms with Gasteiger partial charge in [-0.2, -0.15) is 18.6 Å². The number of carbonyl (C=O) groups excluding carboxylic acids is 2. The molecule has 0 amide bonds. The molecular weight excluding hydrogens is 409 g/mol. The van der Waals surface area contributed by atoms with Crippen LogP contribution in [0, 0.1) is 0 Å². The molecule has 3 aliphatic heterocycles. The summed E-state index contributed by atoms with van der Waals surface area (Å²) >= 11 is 0. The fourth-order valence-electron chi connectivity index (χ4n) is 2.31. The Labute approximate surface area is 229 Å². The summed E-state index contributed by atoms with van der Waals surface area (Å²) in [4.78, 5) is 30.5. The number of nitrogens with two attached hydrogens (primary N) is 1. The predicted molar refractivity (Wildman–Crippen MR) is 84.4 cm³/mol. The van der Waals surface area contributed by atoms with Gasteiger partial charge >= 0.3 is 99.1 Å². The molecule has 0 aromatic heterocycles. The number of ketones is 2. The second kappa shape index (κ2) is 11.4. The van der Waals surface area contributed by atoms with Crippen LogP contribution < -0.4 is 94.6 Å². The summed E-state index contributed by atoms with van der Waals surface area (Å²) in [5.74, 6) is 4.25. The first-order chi connectivity index (χ1) is 11.4. The molecule has 3 fully saturated rings. The predicted octanol–water partition coefficient (Wildman–Crippen LogP) is -10.7. The maximum Gasteiger partial charge on any atom is 1.00 e. The van der Waals surface area contributed by atoms with E-state index in [1.165, 1.54) is 6.08 Å². The van der Waals surface area contributed by atoms with E-state index in [0.29, 0.717) is 17.1 Å². The third kappa shape index (κ3) is 7.35. The minimum atomic E-state index is -3.88. The van der Waals surface area contributed by atoms with Crippen LogP contribution in [0.25, 0.3) is 0 Å². The van der Waals surface area contributed by atoms with Crippen LogP contribution in [0.15, 0.2) is 23.2 Å². The molecule has 0 aromatic rings. The van der Waals surface area contributed by atoms with Crippen LogP contribution in [0.5, 0.6) is 0 Å². The van der Waals surface area contributed by atoms with Crippen molar-refractivity contribution < 1.29 is 119 Å². The molecule has 3 heterocycles. The summed E-state index contributed by atoms with van der Waals surface area (Å²) in [7, 11) is -2.93. The topological polar surface area (TPSA) is 122 Å². The van der Waals surface area contributed by atoms with Crippen molar-refractivity contribution in [3.8, 4) is 0 Å². The van der Waals surface area contributed by atoms with Crippen molar-refractivity contribution in [1.82, 2.24) is 14.7 Å². The van der Waals surface area contributed by atoms with Crippen LogP contribution in [0.1, 0.15) is 4.28 Å². The van der Waals surface area contributed by atoms with E-state index in [-0.39, 0.29) is 105 Å². The van der Waals surface area contributed by atoms with E-state index in [4.69, 9.17) is 0 Å². The molecule has 0 spiro atoms. The van der Waals surface area contributed by atoms with Gasteiger partial charge in [-0.3, -0.25) is 13.8 Å². The number of rotatable bonds is 5. The number of Topliss-reactive ketones (excluding diaryl/α,β-unsaturated/α-hetero) is 1. The zero-order valence-corrected chi connectivity index (χ0v) is 22.9. The van der Waals surface area contributed by atoms with Gasteiger partial charge in [-0.1, -0.05) is 0 Å². The fourth-order valence-corrected chi connectivity index (χ4v) is 2.39. The molecule has 0 atom stereocenters. The van der Waals surface area contributed by atoms with Gasteiger partial charge < -0.3 is 19.0 Å². The molecule has 1 aliphatic carbocycles. The van der Waals surface area contributed by atoms with Crippen LogP contribution >= 0.6 is 0 Å². The molecule has 27 heavy (non-hydrogen) atoms. The SMILES string of the molecule is COS(=O)(=O)ON.O=C1C=C(N2CC2)C(=O)C(N2CC2)=C1N1CC1.[H-].[H-].[H-].[Na+].[Na+].[Na+]. The molecular formula is C13H21N4Na3O6S. The standard InChI is InChI=1S/C12H13N3O2.CH5NO4S.3Na.3H/c16-9-7-8(13-1-2-13)12(17)11(15-5-6-15)10(9)14-3-4-14;1-5-7(3,4)6-2;;;;;;/h7H,1-6H2;2H2,1H3;;;;;;/q;;3*+1;3*-1. The number of hydrogen-bond acceptors (Lipinski definition) is 10. The molecule has 0 bridgehead atoms. The first-order valence-electron chi connectivity index (χ1n) is 7.36. The van der Waals surface area contributed by atoms with Gasteiger partial charge in [0.2, 0.25) is 11.6 Å². The van der Waals surface area contributed by atoms with Gasteiger partial charge in [-0.25, -0.2) is 0 Å². The summed E-state index contributed by atoms with van der Waals surface area (Å²) in [5.41, 5.74) is 1.89. The number of hydrogen-bond donors (Lipinski definition) is 1. The first-order valence-corrected chi connectivity index (χ1v) is 8.70. The third-order valence-electron chi connectivity index (χ3n) is 3.81. The van der Waals surface area contributed by atoms with Gasteiger partial charge in [0.1, 0.15) is 11.4 Å². The van der Waals surface area contributed by atoms with Gasteiger partial charge in [0.15, 0.2) is 0 Å². The molecule has 3 saturated heterocycles. The molecule has 2 N–H and O–H groups in total. The Kier molecular flexibility index (Phi) is 11.9. The Balaban J connectivity index is -0.000000234. The largest absolute Gasteiger partial charge is 1.00 e. The number of allylic oxidation sites excluding steroid dienone is 1. The first kappa shape index (κ1) is 28.1. The van der Waals surface area contributed by atoms with Gasteiger partial charge in [-0.05, 0) is 0 Å². The second-order valence-corrected chi connectivity index (χ2v) is 6.89. The fraction of sp³-hybridized carbons (Fsp3) is 0.538. The van der Waals surface area contributed by atoms with Crippen molar-refractivity contribution in [2.75, 3.05) is 46.4 Å². The normalized spacial score (nSPS) is 19.8. The van der Waals surface area contributed by atoms with Crippen LogP contribution in [-0.4, -0.2) is 81.1 Å². The van der Waals surface area contributed by atoms with E-state index in [1.807, 2.05) is 14.7 Å². The van der Waals surface area contributed by atoms with Crippen molar-refractivity contribution in [1.29, 1.82) is 0 Å². The smallest absolute Gasteiger partial charge is 1.00 e. The molecule has 0 aromatic carbocycles. The molecule has 4 aliphatic rings. The van der Waals surface area contributed by atoms with Crippen LogP contribution in [-0.2, 0) is 28.5 Å². The summed E-state index contributed by atoms with van der Waals surface area (Å²) in [5, 5.41) is 0. The molecule has 4 rings (SSSR count). The zero-order chi connectivity index (χ0) is 17.5. The Morgan fingerprint density at radius 2 is 1.37 bits per heavy atom. The molecule has 14 heteroatoms. The van der Waals surface area contributed by atoms with Crippen molar-refractivity contribution in [2.45, 2.75) is 0 Å². The monoisotopic (exact) mass is 430 g/mol. The second-order valence-electron chi connectivity index (χ2n) is 5.55. The average molecular weight is 430 g/mol. The Morgan fingerprint density at radius 3 is 1.70 bits per heavy atom. The summed E-state index contributed by atoms with van der Waals surface area (Å²) in [6.07, 6.45) is 1.52. The number of carbonyl (C=O) groups is 2. The number of nitrogens with zero attached hydrogens (tertiary/aromatic N) is 3. The minimum absolute atomic E-state index is 0. The van der Waals surface area contributed by atoms with E-state index >= 15 is 0 Å². The van der Waals surface area contributed by atoms with Crippen molar-refractivity contribution in [3.05, 3.63) is 23.2 Å².